The minimum absolute atomic E-state index is 0.166. The molecule has 0 aromatic carbocycles. The molecule has 1 aliphatic carbocycles. The van der Waals surface area contributed by atoms with Gasteiger partial charge in [-0.15, -0.1) is 0 Å². The number of hydrogen-bond acceptors (Lipinski definition) is 2. The maximum absolute atomic E-state index is 6.37. The van der Waals surface area contributed by atoms with Gasteiger partial charge in [0.2, 0.25) is 0 Å². The van der Waals surface area contributed by atoms with E-state index >= 15 is 0 Å². The van der Waals surface area contributed by atoms with Gasteiger partial charge in [-0.25, -0.2) is 0 Å². The number of hydrogen-bond donors (Lipinski definition) is 1. The number of rotatable bonds is 1. The van der Waals surface area contributed by atoms with Crippen molar-refractivity contribution < 1.29 is 4.74 Å². The fourth-order valence-electron chi connectivity index (χ4n) is 3.26. The summed E-state index contributed by atoms with van der Waals surface area (Å²) in [6, 6.07) is 0.509. The van der Waals surface area contributed by atoms with Crippen molar-refractivity contribution in [2.75, 3.05) is 6.54 Å². The van der Waals surface area contributed by atoms with E-state index < -0.39 is 0 Å². The van der Waals surface area contributed by atoms with Crippen LogP contribution in [0, 0.1) is 5.92 Å². The quantitative estimate of drug-likeness (QED) is 0.720. The van der Waals surface area contributed by atoms with E-state index in [0.717, 1.165) is 12.5 Å². The molecule has 1 aliphatic heterocycles. The maximum Gasteiger partial charge on any atom is 0.0838 e. The Hall–Kier alpha value is -0.0800. The van der Waals surface area contributed by atoms with Crippen LogP contribution in [0.3, 0.4) is 0 Å². The largest absolute Gasteiger partial charge is 0.369 e. The van der Waals surface area contributed by atoms with Crippen LogP contribution in [0.2, 0.25) is 0 Å². The molecule has 2 aliphatic rings. The van der Waals surface area contributed by atoms with Crippen molar-refractivity contribution >= 4 is 0 Å². The summed E-state index contributed by atoms with van der Waals surface area (Å²) in [6.45, 7) is 7.81. The second kappa shape index (κ2) is 4.42. The van der Waals surface area contributed by atoms with Gasteiger partial charge in [-0.3, -0.25) is 0 Å². The molecule has 0 aromatic heterocycles. The van der Waals surface area contributed by atoms with Crippen molar-refractivity contribution in [3.8, 4) is 0 Å². The van der Waals surface area contributed by atoms with Crippen LogP contribution in [0.15, 0.2) is 0 Å². The zero-order valence-electron chi connectivity index (χ0n) is 10.4. The summed E-state index contributed by atoms with van der Waals surface area (Å²) in [4.78, 5) is 0. The van der Waals surface area contributed by atoms with Crippen LogP contribution in [-0.2, 0) is 4.74 Å². The predicted octanol–water partition coefficient (Wildman–Crippen LogP) is 2.72. The maximum atomic E-state index is 6.37. The van der Waals surface area contributed by atoms with Gasteiger partial charge in [-0.05, 0) is 32.6 Å². The molecule has 1 spiro atoms. The summed E-state index contributed by atoms with van der Waals surface area (Å²) in [5.41, 5.74) is 0.166. The summed E-state index contributed by atoms with van der Waals surface area (Å²) < 4.78 is 6.37. The first kappa shape index (κ1) is 11.4. The van der Waals surface area contributed by atoms with Crippen LogP contribution < -0.4 is 5.32 Å². The Labute approximate surface area is 93.8 Å². The van der Waals surface area contributed by atoms with Crippen molar-refractivity contribution in [2.45, 2.75) is 70.6 Å². The smallest absolute Gasteiger partial charge is 0.0838 e. The van der Waals surface area contributed by atoms with Gasteiger partial charge in [0, 0.05) is 12.6 Å². The average Bonchev–Trinajstić information content (AvgIpc) is 2.25. The van der Waals surface area contributed by atoms with E-state index in [1.54, 1.807) is 0 Å². The highest BCUT2D eigenvalue weighted by molar-refractivity contribution is 4.97. The van der Waals surface area contributed by atoms with E-state index in [1.165, 1.54) is 32.1 Å². The minimum Gasteiger partial charge on any atom is -0.369 e. The molecule has 2 fully saturated rings. The van der Waals surface area contributed by atoms with Crippen LogP contribution in [0.1, 0.15) is 52.9 Å². The Bertz CT molecular complexity index is 219. The lowest BCUT2D eigenvalue weighted by Crippen LogP contribution is -2.61. The summed E-state index contributed by atoms with van der Waals surface area (Å²) in [5, 5.41) is 3.63. The summed E-state index contributed by atoms with van der Waals surface area (Å²) >= 11 is 0. The van der Waals surface area contributed by atoms with Crippen molar-refractivity contribution in [1.29, 1.82) is 0 Å². The lowest BCUT2D eigenvalue weighted by molar-refractivity contribution is -0.170. The first-order valence-corrected chi connectivity index (χ1v) is 6.59. The van der Waals surface area contributed by atoms with E-state index in [0.29, 0.717) is 12.1 Å². The highest BCUT2D eigenvalue weighted by atomic mass is 16.5. The first-order valence-electron chi connectivity index (χ1n) is 6.59. The Morgan fingerprint density at radius 1 is 1.33 bits per heavy atom. The molecule has 15 heavy (non-hydrogen) atoms. The highest BCUT2D eigenvalue weighted by Gasteiger charge is 2.45. The van der Waals surface area contributed by atoms with Crippen LogP contribution in [0.4, 0.5) is 0 Å². The molecule has 2 heteroatoms. The molecule has 4 atom stereocenters. The number of nitrogens with one attached hydrogen (secondary N) is 1. The Morgan fingerprint density at radius 2 is 2.13 bits per heavy atom. The fourth-order valence-corrected chi connectivity index (χ4v) is 3.26. The average molecular weight is 211 g/mol. The van der Waals surface area contributed by atoms with Gasteiger partial charge in [0.25, 0.3) is 0 Å². The Morgan fingerprint density at radius 3 is 2.80 bits per heavy atom. The monoisotopic (exact) mass is 211 g/mol. The molecule has 0 bridgehead atoms. The van der Waals surface area contributed by atoms with Gasteiger partial charge in [0.1, 0.15) is 0 Å². The van der Waals surface area contributed by atoms with Gasteiger partial charge in [0.15, 0.2) is 0 Å². The summed E-state index contributed by atoms with van der Waals surface area (Å²) in [6.07, 6.45) is 7.00. The van der Waals surface area contributed by atoms with Crippen LogP contribution in [-0.4, -0.2) is 24.3 Å². The van der Waals surface area contributed by atoms with E-state index in [-0.39, 0.29) is 5.60 Å². The molecular weight excluding hydrogens is 186 g/mol. The van der Waals surface area contributed by atoms with Gasteiger partial charge < -0.3 is 10.1 Å². The number of morpholine rings is 1. The normalized spacial score (nSPS) is 47.0. The van der Waals surface area contributed by atoms with Gasteiger partial charge in [-0.1, -0.05) is 26.2 Å². The molecule has 1 saturated carbocycles. The standard InChI is InChI=1S/C13H25NO/c1-4-12-7-5-6-8-13(12)9-14-10(2)11(3)15-13/h10-12,14H,4-9H2,1-3H3. The summed E-state index contributed by atoms with van der Waals surface area (Å²) in [7, 11) is 0. The molecule has 1 N–H and O–H groups in total. The van der Waals surface area contributed by atoms with E-state index in [1.807, 2.05) is 0 Å². The second-order valence-corrected chi connectivity index (χ2v) is 5.41. The zero-order valence-corrected chi connectivity index (χ0v) is 10.4. The van der Waals surface area contributed by atoms with Gasteiger partial charge in [0.05, 0.1) is 11.7 Å². The fraction of sp³-hybridized carbons (Fsp3) is 1.00. The van der Waals surface area contributed by atoms with Crippen molar-refractivity contribution in [1.82, 2.24) is 5.32 Å². The highest BCUT2D eigenvalue weighted by Crippen LogP contribution is 2.41. The molecule has 2 nitrogen and oxygen atoms in total. The molecule has 2 rings (SSSR count). The third kappa shape index (κ3) is 2.07. The zero-order chi connectivity index (χ0) is 10.9. The summed E-state index contributed by atoms with van der Waals surface area (Å²) in [5.74, 6) is 0.772. The minimum atomic E-state index is 0.166. The first-order chi connectivity index (χ1) is 7.18. The molecule has 0 amide bonds. The molecular formula is C13H25NO. The molecule has 0 radical (unpaired) electrons. The lowest BCUT2D eigenvalue weighted by atomic mass is 9.72. The SMILES string of the molecule is CCC1CCCCC12CNC(C)C(C)O2. The van der Waals surface area contributed by atoms with E-state index in [4.69, 9.17) is 4.74 Å². The van der Waals surface area contributed by atoms with Crippen molar-refractivity contribution in [3.05, 3.63) is 0 Å². The van der Waals surface area contributed by atoms with E-state index in [9.17, 15) is 0 Å². The number of ether oxygens (including phenoxy) is 1. The third-order valence-corrected chi connectivity index (χ3v) is 4.49. The van der Waals surface area contributed by atoms with Crippen LogP contribution >= 0.6 is 0 Å². The van der Waals surface area contributed by atoms with Crippen LogP contribution in [0.25, 0.3) is 0 Å². The van der Waals surface area contributed by atoms with Crippen molar-refractivity contribution in [2.24, 2.45) is 5.92 Å². The topological polar surface area (TPSA) is 21.3 Å². The van der Waals surface area contributed by atoms with Gasteiger partial charge >= 0.3 is 0 Å². The van der Waals surface area contributed by atoms with Gasteiger partial charge in [-0.2, -0.15) is 0 Å². The molecule has 4 unspecified atom stereocenters. The Balaban J connectivity index is 2.09. The molecule has 1 heterocycles. The molecule has 1 saturated heterocycles. The van der Waals surface area contributed by atoms with Crippen molar-refractivity contribution in [3.63, 3.8) is 0 Å². The molecule has 0 aromatic rings. The third-order valence-electron chi connectivity index (χ3n) is 4.49. The van der Waals surface area contributed by atoms with E-state index in [2.05, 4.69) is 26.1 Å². The lowest BCUT2D eigenvalue weighted by Gasteiger charge is -2.50. The molecule has 88 valence electrons. The van der Waals surface area contributed by atoms with Crippen LogP contribution in [0.5, 0.6) is 0 Å². The second-order valence-electron chi connectivity index (χ2n) is 5.41. The Kier molecular flexibility index (Phi) is 3.36. The predicted molar refractivity (Wildman–Crippen MR) is 63.0 cm³/mol.